The van der Waals surface area contributed by atoms with Gasteiger partial charge in [-0.15, -0.1) is 6.58 Å². The van der Waals surface area contributed by atoms with Gasteiger partial charge in [-0.25, -0.2) is 12.8 Å². The lowest BCUT2D eigenvalue weighted by atomic mass is 10.6. The highest BCUT2D eigenvalue weighted by Crippen LogP contribution is 1.97. The SMILES string of the molecule is C=CCN(C)S(=O)(=O)CF.CCF. The van der Waals surface area contributed by atoms with Crippen LogP contribution in [0.25, 0.3) is 0 Å². The molecule has 3 nitrogen and oxygen atoms in total. The predicted octanol–water partition coefficient (Wildman–Crippen LogP) is 1.34. The molecule has 80 valence electrons. The Morgan fingerprint density at radius 1 is 1.46 bits per heavy atom. The van der Waals surface area contributed by atoms with E-state index in [0.717, 1.165) is 4.31 Å². The molecule has 0 aromatic heterocycles. The molecule has 0 rings (SSSR count). The van der Waals surface area contributed by atoms with Gasteiger partial charge in [0.25, 0.3) is 0 Å². The van der Waals surface area contributed by atoms with Crippen molar-refractivity contribution in [2.24, 2.45) is 0 Å². The number of hydrogen-bond acceptors (Lipinski definition) is 2. The quantitative estimate of drug-likeness (QED) is 0.664. The Morgan fingerprint density at radius 2 is 1.85 bits per heavy atom. The molecule has 0 atom stereocenters. The fourth-order valence-electron chi connectivity index (χ4n) is 0.379. The van der Waals surface area contributed by atoms with E-state index < -0.39 is 16.0 Å². The van der Waals surface area contributed by atoms with Gasteiger partial charge < -0.3 is 0 Å². The fourth-order valence-corrected chi connectivity index (χ4v) is 0.878. The summed E-state index contributed by atoms with van der Waals surface area (Å²) in [5.41, 5.74) is 0. The number of sulfonamides is 1. The van der Waals surface area contributed by atoms with Crippen LogP contribution in [-0.4, -0.2) is 39.0 Å². The molecule has 0 spiro atoms. The topological polar surface area (TPSA) is 37.4 Å². The van der Waals surface area contributed by atoms with Gasteiger partial charge in [0.1, 0.15) is 0 Å². The van der Waals surface area contributed by atoms with Crippen LogP contribution in [0.1, 0.15) is 6.92 Å². The minimum absolute atomic E-state index is 0.145. The van der Waals surface area contributed by atoms with Crippen molar-refractivity contribution < 1.29 is 17.2 Å². The molecule has 0 radical (unpaired) electrons. The van der Waals surface area contributed by atoms with E-state index in [4.69, 9.17) is 0 Å². The minimum Gasteiger partial charge on any atom is -0.251 e. The van der Waals surface area contributed by atoms with Crippen LogP contribution in [0.5, 0.6) is 0 Å². The maximum Gasteiger partial charge on any atom is 0.243 e. The van der Waals surface area contributed by atoms with Gasteiger partial charge in [-0.3, -0.25) is 4.39 Å². The van der Waals surface area contributed by atoms with Crippen LogP contribution in [0.15, 0.2) is 12.7 Å². The van der Waals surface area contributed by atoms with E-state index in [2.05, 4.69) is 6.58 Å². The van der Waals surface area contributed by atoms with Gasteiger partial charge in [-0.2, -0.15) is 4.31 Å². The molecule has 0 aliphatic carbocycles. The first-order valence-electron chi connectivity index (χ1n) is 3.63. The monoisotopic (exact) mass is 215 g/mol. The molecule has 13 heavy (non-hydrogen) atoms. The second-order valence-electron chi connectivity index (χ2n) is 2.06. The van der Waals surface area contributed by atoms with Gasteiger partial charge >= 0.3 is 0 Å². The summed E-state index contributed by atoms with van der Waals surface area (Å²) in [6.07, 6.45) is 1.40. The van der Waals surface area contributed by atoms with Crippen molar-refractivity contribution in [2.45, 2.75) is 6.92 Å². The van der Waals surface area contributed by atoms with Crippen LogP contribution in [0, 0.1) is 0 Å². The molecule has 0 saturated heterocycles. The van der Waals surface area contributed by atoms with Crippen molar-refractivity contribution in [3.05, 3.63) is 12.7 Å². The first kappa shape index (κ1) is 15.0. The zero-order valence-electron chi connectivity index (χ0n) is 7.83. The highest BCUT2D eigenvalue weighted by atomic mass is 32.2. The number of rotatable bonds is 4. The Morgan fingerprint density at radius 3 is 2.08 bits per heavy atom. The fraction of sp³-hybridized carbons (Fsp3) is 0.714. The van der Waals surface area contributed by atoms with Crippen molar-refractivity contribution in [1.29, 1.82) is 0 Å². The molecule has 0 amide bonds. The van der Waals surface area contributed by atoms with E-state index >= 15 is 0 Å². The molecule has 0 saturated carbocycles. The third-order valence-corrected chi connectivity index (χ3v) is 2.37. The third-order valence-electron chi connectivity index (χ3n) is 0.999. The van der Waals surface area contributed by atoms with Crippen molar-refractivity contribution >= 4 is 10.0 Å². The molecule has 0 heterocycles. The predicted molar refractivity (Wildman–Crippen MR) is 49.4 cm³/mol. The Hall–Kier alpha value is -0.490. The Bertz CT molecular complexity index is 217. The second kappa shape index (κ2) is 8.12. The van der Waals surface area contributed by atoms with Crippen LogP contribution in [0.3, 0.4) is 0 Å². The Kier molecular flexibility index (Phi) is 9.38. The molecule has 0 bridgehead atoms. The highest BCUT2D eigenvalue weighted by Gasteiger charge is 2.14. The van der Waals surface area contributed by atoms with Gasteiger partial charge in [-0.05, 0) is 6.92 Å². The first-order chi connectivity index (χ1) is 5.96. The maximum atomic E-state index is 11.7. The normalized spacial score (nSPS) is 10.5. The van der Waals surface area contributed by atoms with E-state index in [9.17, 15) is 17.2 Å². The average molecular weight is 215 g/mol. The summed E-state index contributed by atoms with van der Waals surface area (Å²) in [4.78, 5) is 0. The van der Waals surface area contributed by atoms with Crippen molar-refractivity contribution in [3.8, 4) is 0 Å². The number of nitrogens with zero attached hydrogens (tertiary/aromatic N) is 1. The lowest BCUT2D eigenvalue weighted by Gasteiger charge is -2.10. The van der Waals surface area contributed by atoms with E-state index in [-0.39, 0.29) is 13.2 Å². The lowest BCUT2D eigenvalue weighted by Crippen LogP contribution is -2.27. The molecule has 6 heteroatoms. The second-order valence-corrected chi connectivity index (χ2v) is 4.06. The molecule has 0 aromatic carbocycles. The van der Waals surface area contributed by atoms with Gasteiger partial charge in [0, 0.05) is 13.6 Å². The molecule has 0 fully saturated rings. The summed E-state index contributed by atoms with van der Waals surface area (Å²) in [6, 6.07) is -1.35. The molecule has 0 aliphatic rings. The summed E-state index contributed by atoms with van der Waals surface area (Å²) in [6.45, 7) is 4.67. The summed E-state index contributed by atoms with van der Waals surface area (Å²) in [5.74, 6) is 0. The molecule has 0 unspecified atom stereocenters. The summed E-state index contributed by atoms with van der Waals surface area (Å²) < 4.78 is 44.1. The number of hydrogen-bond donors (Lipinski definition) is 0. The van der Waals surface area contributed by atoms with Crippen LogP contribution in [0.2, 0.25) is 0 Å². The zero-order chi connectivity index (χ0) is 10.9. The standard InChI is InChI=1S/C5H10FNO2S.C2H5F/c1-3-4-7(2)10(8,9)5-6;1-2-3/h3H,1,4-5H2,2H3;2H2,1H3. The van der Waals surface area contributed by atoms with Crippen LogP contribution in [-0.2, 0) is 10.0 Å². The average Bonchev–Trinajstić information content (AvgIpc) is 2.06. The van der Waals surface area contributed by atoms with E-state index in [1.807, 2.05) is 0 Å². The summed E-state index contributed by atoms with van der Waals surface area (Å²) >= 11 is 0. The molecule has 0 N–H and O–H groups in total. The van der Waals surface area contributed by atoms with Crippen molar-refractivity contribution in [2.75, 3.05) is 26.3 Å². The number of halogens is 2. The molecule has 0 aromatic rings. The van der Waals surface area contributed by atoms with Gasteiger partial charge in [0.15, 0.2) is 0 Å². The van der Waals surface area contributed by atoms with Crippen molar-refractivity contribution in [3.63, 3.8) is 0 Å². The smallest absolute Gasteiger partial charge is 0.243 e. The van der Waals surface area contributed by atoms with Crippen LogP contribution < -0.4 is 0 Å². The van der Waals surface area contributed by atoms with Gasteiger partial charge in [-0.1, -0.05) is 6.08 Å². The Balaban J connectivity index is 0. The van der Waals surface area contributed by atoms with Gasteiger partial charge in [0.05, 0.1) is 6.67 Å². The van der Waals surface area contributed by atoms with E-state index in [1.165, 1.54) is 20.0 Å². The molecule has 0 aliphatic heterocycles. The first-order valence-corrected chi connectivity index (χ1v) is 5.24. The van der Waals surface area contributed by atoms with Gasteiger partial charge in [0.2, 0.25) is 16.0 Å². The van der Waals surface area contributed by atoms with E-state index in [1.54, 1.807) is 0 Å². The molecular formula is C7H15F2NO2S. The van der Waals surface area contributed by atoms with Crippen molar-refractivity contribution in [1.82, 2.24) is 4.31 Å². The Labute approximate surface area is 78.1 Å². The lowest BCUT2D eigenvalue weighted by molar-refractivity contribution is 0.464. The summed E-state index contributed by atoms with van der Waals surface area (Å²) in [5, 5.41) is 0. The number of alkyl halides is 2. The number of likely N-dealkylation sites (N-methyl/N-ethyl adjacent to an activating group) is 1. The molecular weight excluding hydrogens is 200 g/mol. The zero-order valence-corrected chi connectivity index (χ0v) is 8.65. The van der Waals surface area contributed by atoms with Crippen LogP contribution in [0.4, 0.5) is 8.78 Å². The largest absolute Gasteiger partial charge is 0.251 e. The minimum atomic E-state index is -3.66. The highest BCUT2D eigenvalue weighted by molar-refractivity contribution is 7.88. The van der Waals surface area contributed by atoms with Crippen LogP contribution >= 0.6 is 0 Å². The third kappa shape index (κ3) is 7.86. The van der Waals surface area contributed by atoms with E-state index in [0.29, 0.717) is 0 Å². The maximum absolute atomic E-state index is 11.7. The summed E-state index contributed by atoms with van der Waals surface area (Å²) in [7, 11) is -2.36.